The molecule has 27 heavy (non-hydrogen) atoms. The van der Waals surface area contributed by atoms with Crippen molar-refractivity contribution >= 4 is 0 Å². The van der Waals surface area contributed by atoms with Crippen LogP contribution in [0.3, 0.4) is 0 Å². The lowest BCUT2D eigenvalue weighted by molar-refractivity contribution is 0.292. The maximum atomic E-state index is 13.9. The third kappa shape index (κ3) is 5.18. The minimum absolute atomic E-state index is 0.205. The molecule has 0 amide bonds. The monoisotopic (exact) mass is 371 g/mol. The number of allylic oxidation sites excluding steroid dienone is 2. The Bertz CT molecular complexity index is 664. The average Bonchev–Trinajstić information content (AvgIpc) is 2.68. The molecule has 146 valence electrons. The fraction of sp³-hybridized carbons (Fsp3) is 0.625. The van der Waals surface area contributed by atoms with Crippen molar-refractivity contribution in [1.82, 2.24) is 0 Å². The number of hydrogen-bond donors (Lipinski definition) is 0. The first-order valence-electron chi connectivity index (χ1n) is 10.7. The highest BCUT2D eigenvalue weighted by Crippen LogP contribution is 2.38. The Kier molecular flexibility index (Phi) is 7.05. The quantitative estimate of drug-likeness (QED) is 0.499. The first-order chi connectivity index (χ1) is 13.1. The van der Waals surface area contributed by atoms with Crippen LogP contribution >= 0.6 is 0 Å². The van der Waals surface area contributed by atoms with Gasteiger partial charge in [0.15, 0.2) is 0 Å². The highest BCUT2D eigenvalue weighted by atomic mass is 19.1. The van der Waals surface area contributed by atoms with E-state index >= 15 is 0 Å². The molecule has 0 N–H and O–H groups in total. The van der Waals surface area contributed by atoms with Gasteiger partial charge in [0.25, 0.3) is 0 Å². The zero-order chi connectivity index (χ0) is 19.2. The number of halogens is 2. The largest absolute Gasteiger partial charge is 0.205 e. The fourth-order valence-electron chi connectivity index (χ4n) is 4.97. The number of nitrogens with zero attached hydrogens (tertiary/aromatic N) is 1. The summed E-state index contributed by atoms with van der Waals surface area (Å²) in [6, 6.07) is 4.32. The van der Waals surface area contributed by atoms with Crippen LogP contribution in [-0.4, -0.2) is 0 Å². The molecule has 0 bridgehead atoms. The van der Waals surface area contributed by atoms with Crippen molar-refractivity contribution < 1.29 is 8.78 Å². The van der Waals surface area contributed by atoms with Gasteiger partial charge >= 0.3 is 0 Å². The molecule has 2 aliphatic carbocycles. The normalized spacial score (nSPS) is 29.0. The van der Waals surface area contributed by atoms with Crippen LogP contribution in [0.4, 0.5) is 8.78 Å². The highest BCUT2D eigenvalue weighted by Gasteiger charge is 2.24. The molecule has 0 spiro atoms. The second kappa shape index (κ2) is 9.49. The molecule has 2 saturated carbocycles. The smallest absolute Gasteiger partial charge is 0.144 e. The van der Waals surface area contributed by atoms with E-state index in [0.717, 1.165) is 37.5 Å². The third-order valence-electron chi connectivity index (χ3n) is 6.66. The molecule has 1 aromatic rings. The van der Waals surface area contributed by atoms with Crippen LogP contribution in [0.15, 0.2) is 24.3 Å². The van der Waals surface area contributed by atoms with E-state index in [1.807, 2.05) is 0 Å². The Morgan fingerprint density at radius 2 is 1.44 bits per heavy atom. The predicted molar refractivity (Wildman–Crippen MR) is 105 cm³/mol. The van der Waals surface area contributed by atoms with Gasteiger partial charge in [-0.1, -0.05) is 31.9 Å². The topological polar surface area (TPSA) is 23.8 Å². The maximum absolute atomic E-state index is 13.9. The van der Waals surface area contributed by atoms with Gasteiger partial charge in [0, 0.05) is 0 Å². The second-order valence-corrected chi connectivity index (χ2v) is 8.54. The minimum atomic E-state index is -0.729. The molecule has 0 aromatic heterocycles. The van der Waals surface area contributed by atoms with E-state index in [4.69, 9.17) is 5.26 Å². The maximum Gasteiger partial charge on any atom is 0.144 e. The van der Waals surface area contributed by atoms with E-state index in [1.54, 1.807) is 6.07 Å². The van der Waals surface area contributed by atoms with Crippen molar-refractivity contribution in [2.75, 3.05) is 0 Å². The summed E-state index contributed by atoms with van der Waals surface area (Å²) in [6.07, 6.45) is 17.1. The van der Waals surface area contributed by atoms with E-state index in [2.05, 4.69) is 19.1 Å². The standard InChI is InChI=1S/C24H31F2N/c1-2-3-17-4-6-18(7-5-17)8-9-19-10-12-20(13-11-19)21-14-23(25)22(16-27)24(26)15-21/h8-9,14-15,17-20H,2-7,10-13H2,1H3/b9-8+. The van der Waals surface area contributed by atoms with E-state index in [1.165, 1.54) is 50.7 Å². The molecule has 0 saturated heterocycles. The van der Waals surface area contributed by atoms with E-state index < -0.39 is 17.2 Å². The lowest BCUT2D eigenvalue weighted by Crippen LogP contribution is -2.15. The van der Waals surface area contributed by atoms with Crippen LogP contribution in [0.1, 0.15) is 88.2 Å². The lowest BCUT2D eigenvalue weighted by Gasteiger charge is -2.29. The van der Waals surface area contributed by atoms with E-state index in [-0.39, 0.29) is 5.92 Å². The lowest BCUT2D eigenvalue weighted by atomic mass is 9.77. The van der Waals surface area contributed by atoms with Gasteiger partial charge in [-0.05, 0) is 92.7 Å². The van der Waals surface area contributed by atoms with Crippen LogP contribution in [-0.2, 0) is 0 Å². The first kappa shape index (κ1) is 20.1. The van der Waals surface area contributed by atoms with Crippen molar-refractivity contribution in [2.24, 2.45) is 17.8 Å². The van der Waals surface area contributed by atoms with Crippen molar-refractivity contribution in [2.45, 2.75) is 77.0 Å². The zero-order valence-corrected chi connectivity index (χ0v) is 16.4. The third-order valence-corrected chi connectivity index (χ3v) is 6.66. The van der Waals surface area contributed by atoms with Crippen molar-refractivity contribution in [3.63, 3.8) is 0 Å². The van der Waals surface area contributed by atoms with Crippen LogP contribution in [0.5, 0.6) is 0 Å². The summed E-state index contributed by atoms with van der Waals surface area (Å²) in [7, 11) is 0. The van der Waals surface area contributed by atoms with Crippen molar-refractivity contribution in [1.29, 1.82) is 5.26 Å². The second-order valence-electron chi connectivity index (χ2n) is 8.54. The van der Waals surface area contributed by atoms with E-state index in [9.17, 15) is 8.78 Å². The summed E-state index contributed by atoms with van der Waals surface area (Å²) in [5.41, 5.74) is 0.240. The van der Waals surface area contributed by atoms with Gasteiger partial charge in [-0.25, -0.2) is 8.78 Å². The van der Waals surface area contributed by atoms with Gasteiger partial charge in [-0.3, -0.25) is 0 Å². The van der Waals surface area contributed by atoms with Crippen LogP contribution in [0, 0.1) is 40.7 Å². The molecule has 0 heterocycles. The average molecular weight is 372 g/mol. The molecule has 1 nitrogen and oxygen atoms in total. The molecule has 0 radical (unpaired) electrons. The highest BCUT2D eigenvalue weighted by molar-refractivity contribution is 5.36. The van der Waals surface area contributed by atoms with Gasteiger partial charge in [0.05, 0.1) is 0 Å². The number of nitriles is 1. The van der Waals surface area contributed by atoms with Gasteiger partial charge in [-0.15, -0.1) is 0 Å². The molecule has 3 rings (SSSR count). The van der Waals surface area contributed by atoms with Gasteiger partial charge < -0.3 is 0 Å². The predicted octanol–water partition coefficient (Wildman–Crippen LogP) is 7.27. The van der Waals surface area contributed by atoms with Gasteiger partial charge in [0.2, 0.25) is 0 Å². The molecule has 0 atom stereocenters. The molecule has 2 aliphatic rings. The Morgan fingerprint density at radius 3 is 1.93 bits per heavy atom. The summed E-state index contributed by atoms with van der Waals surface area (Å²) >= 11 is 0. The Morgan fingerprint density at radius 1 is 0.926 bits per heavy atom. The molecule has 0 unspecified atom stereocenters. The summed E-state index contributed by atoms with van der Waals surface area (Å²) in [5, 5.41) is 8.81. The molecular formula is C24H31F2N. The number of hydrogen-bond acceptors (Lipinski definition) is 1. The molecule has 1 aromatic carbocycles. The summed E-state index contributed by atoms with van der Waals surface area (Å²) in [6.45, 7) is 2.28. The van der Waals surface area contributed by atoms with Gasteiger partial charge in [-0.2, -0.15) is 5.26 Å². The zero-order valence-electron chi connectivity index (χ0n) is 16.4. The van der Waals surface area contributed by atoms with Crippen LogP contribution in [0.25, 0.3) is 0 Å². The minimum Gasteiger partial charge on any atom is -0.205 e. The van der Waals surface area contributed by atoms with Crippen molar-refractivity contribution in [3.05, 3.63) is 47.0 Å². The Labute approximate surface area is 162 Å². The summed E-state index contributed by atoms with van der Waals surface area (Å²) in [5.74, 6) is 1.04. The fourth-order valence-corrected chi connectivity index (χ4v) is 4.97. The Hall–Kier alpha value is -1.69. The molecular weight excluding hydrogens is 340 g/mol. The summed E-state index contributed by atoms with van der Waals surface area (Å²) < 4.78 is 27.7. The molecule has 0 aliphatic heterocycles. The van der Waals surface area contributed by atoms with Gasteiger partial charge in [0.1, 0.15) is 23.3 Å². The van der Waals surface area contributed by atoms with Crippen LogP contribution in [0.2, 0.25) is 0 Å². The van der Waals surface area contributed by atoms with Crippen molar-refractivity contribution in [3.8, 4) is 6.07 Å². The molecule has 3 heteroatoms. The first-order valence-corrected chi connectivity index (χ1v) is 10.7. The number of benzene rings is 1. The Balaban J connectivity index is 1.49. The molecule has 2 fully saturated rings. The number of rotatable bonds is 5. The van der Waals surface area contributed by atoms with E-state index in [0.29, 0.717) is 11.5 Å². The summed E-state index contributed by atoms with van der Waals surface area (Å²) in [4.78, 5) is 0. The van der Waals surface area contributed by atoms with Crippen LogP contribution < -0.4 is 0 Å². The SMILES string of the molecule is CCCC1CCC(/C=C/C2CCC(c3cc(F)c(C#N)c(F)c3)CC2)CC1.